The molecule has 0 fully saturated rings. The third-order valence-electron chi connectivity index (χ3n) is 1.85. The number of aryl methyl sites for hydroxylation is 1. The maximum absolute atomic E-state index is 4.44. The second-order valence-corrected chi connectivity index (χ2v) is 2.91. The Morgan fingerprint density at radius 2 is 2.00 bits per heavy atom. The van der Waals surface area contributed by atoms with Crippen LogP contribution in [0.2, 0.25) is 0 Å². The van der Waals surface area contributed by atoms with Crippen LogP contribution in [0, 0.1) is 6.92 Å². The molecule has 1 rings (SSSR count). The van der Waals surface area contributed by atoms with Gasteiger partial charge < -0.3 is 0 Å². The van der Waals surface area contributed by atoms with Gasteiger partial charge >= 0.3 is 0 Å². The summed E-state index contributed by atoms with van der Waals surface area (Å²) >= 11 is 0. The fourth-order valence-electron chi connectivity index (χ4n) is 1.15. The van der Waals surface area contributed by atoms with Crippen LogP contribution >= 0.6 is 0 Å². The van der Waals surface area contributed by atoms with Gasteiger partial charge in [0.15, 0.2) is 0 Å². The van der Waals surface area contributed by atoms with E-state index in [1.807, 2.05) is 45.1 Å². The summed E-state index contributed by atoms with van der Waals surface area (Å²) in [7, 11) is 0. The first-order valence-electron chi connectivity index (χ1n) is 4.51. The van der Waals surface area contributed by atoms with Gasteiger partial charge in [-0.3, -0.25) is 4.98 Å². The van der Waals surface area contributed by atoms with E-state index in [1.165, 1.54) is 5.22 Å². The summed E-state index contributed by atoms with van der Waals surface area (Å²) in [5.74, 6) is 0. The summed E-state index contributed by atoms with van der Waals surface area (Å²) in [6, 6.07) is 4.12. The van der Waals surface area contributed by atoms with E-state index in [0.717, 1.165) is 11.0 Å². The molecule has 0 saturated heterocycles. The summed E-state index contributed by atoms with van der Waals surface area (Å²) in [6.07, 6.45) is 8.11. The van der Waals surface area contributed by atoms with Crippen LogP contribution in [0.1, 0.15) is 19.5 Å². The lowest BCUT2D eigenvalue weighted by atomic mass is 10.3. The first kappa shape index (κ1) is 9.72. The van der Waals surface area contributed by atoms with E-state index in [1.54, 1.807) is 0 Å². The van der Waals surface area contributed by atoms with Crippen LogP contribution < -0.4 is 10.6 Å². The molecule has 0 radical (unpaired) electrons. The molecule has 1 aromatic heterocycles. The summed E-state index contributed by atoms with van der Waals surface area (Å²) in [4.78, 5) is 4.44. The highest BCUT2D eigenvalue weighted by atomic mass is 14.7. The zero-order valence-electron chi connectivity index (χ0n) is 8.41. The SMILES string of the molecule is C/C=c1/ccc(C)n/c1=C/C=C/C. The molecule has 0 aliphatic carbocycles. The van der Waals surface area contributed by atoms with Gasteiger partial charge in [-0.15, -0.1) is 0 Å². The fraction of sp³-hybridized carbons (Fsp3) is 0.250. The van der Waals surface area contributed by atoms with Crippen LogP contribution in [0.4, 0.5) is 0 Å². The Balaban J connectivity index is 3.41. The van der Waals surface area contributed by atoms with Crippen molar-refractivity contribution in [2.24, 2.45) is 0 Å². The molecule has 13 heavy (non-hydrogen) atoms. The number of hydrogen-bond donors (Lipinski definition) is 0. The Hall–Kier alpha value is -1.37. The van der Waals surface area contributed by atoms with Gasteiger partial charge in [-0.2, -0.15) is 0 Å². The Morgan fingerprint density at radius 1 is 1.23 bits per heavy atom. The number of aromatic nitrogens is 1. The minimum absolute atomic E-state index is 1.04. The molecule has 0 aliphatic rings. The Kier molecular flexibility index (Phi) is 3.44. The summed E-state index contributed by atoms with van der Waals surface area (Å²) in [5, 5.41) is 2.23. The van der Waals surface area contributed by atoms with Crippen molar-refractivity contribution in [2.75, 3.05) is 0 Å². The van der Waals surface area contributed by atoms with Crippen LogP contribution in [0.15, 0.2) is 24.3 Å². The van der Waals surface area contributed by atoms with Crippen molar-refractivity contribution in [3.63, 3.8) is 0 Å². The average Bonchev–Trinajstić information content (AvgIpc) is 2.15. The van der Waals surface area contributed by atoms with Gasteiger partial charge in [-0.25, -0.2) is 0 Å². The van der Waals surface area contributed by atoms with E-state index in [9.17, 15) is 0 Å². The van der Waals surface area contributed by atoms with Gasteiger partial charge in [-0.1, -0.05) is 24.3 Å². The van der Waals surface area contributed by atoms with Gasteiger partial charge in [0.05, 0.1) is 5.35 Å². The van der Waals surface area contributed by atoms with Gasteiger partial charge in [0.2, 0.25) is 0 Å². The second-order valence-electron chi connectivity index (χ2n) is 2.91. The van der Waals surface area contributed by atoms with Crippen molar-refractivity contribution in [3.05, 3.63) is 40.5 Å². The van der Waals surface area contributed by atoms with Crippen molar-refractivity contribution in [2.45, 2.75) is 20.8 Å². The molecule has 1 aromatic rings. The molecular formula is C12H15N. The highest BCUT2D eigenvalue weighted by Crippen LogP contribution is 1.81. The molecule has 1 nitrogen and oxygen atoms in total. The molecule has 1 heterocycles. The summed E-state index contributed by atoms with van der Waals surface area (Å²) in [5.41, 5.74) is 1.06. The van der Waals surface area contributed by atoms with Crippen molar-refractivity contribution in [1.29, 1.82) is 0 Å². The van der Waals surface area contributed by atoms with Crippen LogP contribution in [-0.4, -0.2) is 4.98 Å². The van der Waals surface area contributed by atoms with Crippen molar-refractivity contribution >= 4 is 12.2 Å². The monoisotopic (exact) mass is 173 g/mol. The molecule has 1 heteroatoms. The molecule has 0 atom stereocenters. The highest BCUT2D eigenvalue weighted by Gasteiger charge is 1.86. The number of hydrogen-bond acceptors (Lipinski definition) is 1. The zero-order chi connectivity index (χ0) is 9.68. The minimum Gasteiger partial charge on any atom is -0.253 e. The molecular weight excluding hydrogens is 158 g/mol. The van der Waals surface area contributed by atoms with E-state index < -0.39 is 0 Å². The van der Waals surface area contributed by atoms with Crippen LogP contribution in [0.25, 0.3) is 12.2 Å². The lowest BCUT2D eigenvalue weighted by molar-refractivity contribution is 1.13. The quantitative estimate of drug-likeness (QED) is 0.628. The Labute approximate surface area is 79.1 Å². The number of rotatable bonds is 1. The van der Waals surface area contributed by atoms with Gasteiger partial charge in [0, 0.05) is 5.69 Å². The van der Waals surface area contributed by atoms with Crippen LogP contribution in [0.5, 0.6) is 0 Å². The predicted octanol–water partition coefficient (Wildman–Crippen LogP) is 1.55. The molecule has 0 aromatic carbocycles. The Morgan fingerprint density at radius 3 is 2.62 bits per heavy atom. The maximum Gasteiger partial charge on any atom is 0.0701 e. The summed E-state index contributed by atoms with van der Waals surface area (Å²) < 4.78 is 0. The van der Waals surface area contributed by atoms with Gasteiger partial charge in [-0.05, 0) is 38.1 Å². The van der Waals surface area contributed by atoms with E-state index >= 15 is 0 Å². The van der Waals surface area contributed by atoms with Crippen molar-refractivity contribution in [3.8, 4) is 0 Å². The van der Waals surface area contributed by atoms with E-state index in [2.05, 4.69) is 17.1 Å². The molecule has 0 N–H and O–H groups in total. The molecule has 0 aliphatic heterocycles. The number of pyridine rings is 1. The van der Waals surface area contributed by atoms with Crippen LogP contribution in [0.3, 0.4) is 0 Å². The average molecular weight is 173 g/mol. The maximum atomic E-state index is 4.44. The third kappa shape index (κ3) is 2.55. The third-order valence-corrected chi connectivity index (χ3v) is 1.85. The zero-order valence-corrected chi connectivity index (χ0v) is 8.41. The van der Waals surface area contributed by atoms with Gasteiger partial charge in [0.25, 0.3) is 0 Å². The molecule has 0 amide bonds. The highest BCUT2D eigenvalue weighted by molar-refractivity contribution is 5.36. The van der Waals surface area contributed by atoms with E-state index in [-0.39, 0.29) is 0 Å². The minimum atomic E-state index is 1.04. The van der Waals surface area contributed by atoms with Crippen molar-refractivity contribution in [1.82, 2.24) is 4.98 Å². The molecule has 0 unspecified atom stereocenters. The van der Waals surface area contributed by atoms with Gasteiger partial charge in [0.1, 0.15) is 0 Å². The lowest BCUT2D eigenvalue weighted by Gasteiger charge is -1.91. The lowest BCUT2D eigenvalue weighted by Crippen LogP contribution is -2.27. The number of allylic oxidation sites excluding steroid dienone is 2. The molecule has 0 spiro atoms. The first-order chi connectivity index (χ1) is 6.27. The Bertz CT molecular complexity index is 413. The van der Waals surface area contributed by atoms with Crippen molar-refractivity contribution < 1.29 is 0 Å². The van der Waals surface area contributed by atoms with E-state index in [0.29, 0.717) is 0 Å². The molecule has 0 bridgehead atoms. The van der Waals surface area contributed by atoms with E-state index in [4.69, 9.17) is 0 Å². The first-order valence-corrected chi connectivity index (χ1v) is 4.51. The fourth-order valence-corrected chi connectivity index (χ4v) is 1.15. The largest absolute Gasteiger partial charge is 0.253 e. The normalized spacial score (nSPS) is 14.4. The predicted molar refractivity (Wildman–Crippen MR) is 57.6 cm³/mol. The smallest absolute Gasteiger partial charge is 0.0701 e. The van der Waals surface area contributed by atoms with Crippen LogP contribution in [-0.2, 0) is 0 Å². The standard InChI is InChI=1S/C12H15N/c1-4-6-7-12-11(5-2)9-8-10(3)13-12/h4-9H,1-3H3/b6-4+,11-5-,12-7+. The molecule has 0 saturated carbocycles. The number of nitrogens with zero attached hydrogens (tertiary/aromatic N) is 1. The second kappa shape index (κ2) is 4.61. The summed E-state index contributed by atoms with van der Waals surface area (Å²) in [6.45, 7) is 6.04. The topological polar surface area (TPSA) is 12.9 Å². The molecule has 68 valence electrons.